The van der Waals surface area contributed by atoms with Gasteiger partial charge >= 0.3 is 5.97 Å². The fourth-order valence-corrected chi connectivity index (χ4v) is 19.9. The monoisotopic (exact) mass is 751 g/mol. The maximum atomic E-state index is 14.0. The van der Waals surface area contributed by atoms with E-state index in [9.17, 15) is 19.5 Å². The number of aliphatic carboxylic acids is 1. The SMILES string of the molecule is CCCCC(CC)C[Si]1(CC(CC)CCCC)c2cc(-c3sc(C(C)(C)C)c4c3C(=O)N(/C=C/C(=O)O)C4=O)sc2-c2sc(C(C)(C)C)cc21. The van der Waals surface area contributed by atoms with Gasteiger partial charge in [0.1, 0.15) is 8.07 Å². The number of amides is 2. The summed E-state index contributed by atoms with van der Waals surface area (Å²) in [5.74, 6) is -0.691. The van der Waals surface area contributed by atoms with Crippen molar-refractivity contribution >= 4 is 70.2 Å². The van der Waals surface area contributed by atoms with Gasteiger partial charge in [-0.2, -0.15) is 0 Å². The quantitative estimate of drug-likeness (QED) is 0.0953. The van der Waals surface area contributed by atoms with E-state index < -0.39 is 25.9 Å². The highest BCUT2D eigenvalue weighted by Crippen LogP contribution is 2.52. The summed E-state index contributed by atoms with van der Waals surface area (Å²) in [6.07, 6.45) is 11.9. The maximum Gasteiger partial charge on any atom is 0.329 e. The van der Waals surface area contributed by atoms with Gasteiger partial charge in [0.25, 0.3) is 11.8 Å². The zero-order chi connectivity index (χ0) is 36.8. The van der Waals surface area contributed by atoms with Gasteiger partial charge in [-0.05, 0) is 57.3 Å². The molecule has 2 unspecified atom stereocenters. The maximum absolute atomic E-state index is 14.0. The van der Waals surface area contributed by atoms with Gasteiger partial charge in [0, 0.05) is 36.7 Å². The van der Waals surface area contributed by atoms with Crippen molar-refractivity contribution < 1.29 is 19.5 Å². The number of carboxylic acids is 1. The molecule has 5 rings (SSSR count). The smallest absolute Gasteiger partial charge is 0.329 e. The highest BCUT2D eigenvalue weighted by Gasteiger charge is 2.51. The summed E-state index contributed by atoms with van der Waals surface area (Å²) in [6.45, 7) is 22.6. The summed E-state index contributed by atoms with van der Waals surface area (Å²) < 4.78 is 0. The van der Waals surface area contributed by atoms with Crippen LogP contribution >= 0.6 is 34.0 Å². The molecule has 3 aromatic rings. The second-order valence-corrected chi connectivity index (χ2v) is 23.9. The molecule has 50 heavy (non-hydrogen) atoms. The lowest BCUT2D eigenvalue weighted by atomic mass is 9.90. The van der Waals surface area contributed by atoms with Crippen molar-refractivity contribution in [3.63, 3.8) is 0 Å². The van der Waals surface area contributed by atoms with Crippen LogP contribution in [-0.4, -0.2) is 35.9 Å². The molecule has 0 saturated heterocycles. The number of fused-ring (bicyclic) bond motifs is 4. The van der Waals surface area contributed by atoms with Crippen LogP contribution in [0.15, 0.2) is 24.4 Å². The standard InChI is InChI=1S/C41H57NO4S3Si/c1-11-15-17-25(13-3)23-50(24-26(14-4)18-16-12-2)28-21-27(47-35(28)36-29(50)22-30(48-36)40(5,6)7)34-32-33(37(49-34)41(8,9)10)39(46)42(38(32)45)20-19-31(43)44/h19-22,25-26H,11-18,23-24H2,1-10H3,(H,43,44)/b20-19+. The predicted molar refractivity (Wildman–Crippen MR) is 217 cm³/mol. The summed E-state index contributed by atoms with van der Waals surface area (Å²) in [6, 6.07) is 7.61. The molecule has 2 aliphatic heterocycles. The van der Waals surface area contributed by atoms with Crippen molar-refractivity contribution in [1.29, 1.82) is 0 Å². The Morgan fingerprint density at radius 1 is 0.780 bits per heavy atom. The minimum atomic E-state index is -2.25. The third kappa shape index (κ3) is 7.18. The van der Waals surface area contributed by atoms with Crippen LogP contribution in [0.3, 0.4) is 0 Å². The highest BCUT2D eigenvalue weighted by molar-refractivity contribution is 7.32. The fourth-order valence-electron chi connectivity index (χ4n) is 8.00. The van der Waals surface area contributed by atoms with Crippen molar-refractivity contribution in [1.82, 2.24) is 4.90 Å². The number of nitrogens with zero attached hydrogens (tertiary/aromatic N) is 1. The summed E-state index contributed by atoms with van der Waals surface area (Å²) >= 11 is 5.39. The molecule has 0 radical (unpaired) electrons. The number of carbonyl (C=O) groups excluding carboxylic acids is 2. The van der Waals surface area contributed by atoms with E-state index in [2.05, 4.69) is 81.4 Å². The third-order valence-corrected chi connectivity index (χ3v) is 21.3. The van der Waals surface area contributed by atoms with Gasteiger partial charge in [-0.25, -0.2) is 9.69 Å². The second-order valence-electron chi connectivity index (χ2n) is 16.7. The van der Waals surface area contributed by atoms with E-state index in [4.69, 9.17) is 0 Å². The number of imide groups is 1. The molecule has 0 bridgehead atoms. The number of thiophene rings is 3. The van der Waals surface area contributed by atoms with Crippen molar-refractivity contribution in [3.05, 3.63) is 45.3 Å². The zero-order valence-corrected chi connectivity index (χ0v) is 35.3. The van der Waals surface area contributed by atoms with E-state index in [0.29, 0.717) is 23.0 Å². The molecule has 2 aliphatic rings. The van der Waals surface area contributed by atoms with E-state index in [-0.39, 0.29) is 10.8 Å². The van der Waals surface area contributed by atoms with Gasteiger partial charge in [-0.15, -0.1) is 34.0 Å². The van der Waals surface area contributed by atoms with Crippen LogP contribution in [0.4, 0.5) is 0 Å². The molecule has 272 valence electrons. The molecule has 0 spiro atoms. The summed E-state index contributed by atoms with van der Waals surface area (Å²) in [7, 11) is -2.25. The second kappa shape index (κ2) is 15.0. The van der Waals surface area contributed by atoms with Crippen molar-refractivity contribution in [2.24, 2.45) is 11.8 Å². The average Bonchev–Trinajstić information content (AvgIpc) is 3.84. The molecule has 0 aromatic carbocycles. The lowest BCUT2D eigenvalue weighted by Gasteiger charge is -2.36. The minimum absolute atomic E-state index is 0.0596. The van der Waals surface area contributed by atoms with Crippen molar-refractivity contribution in [2.45, 2.75) is 144 Å². The number of hydrogen-bond acceptors (Lipinski definition) is 6. The van der Waals surface area contributed by atoms with Crippen molar-refractivity contribution in [2.75, 3.05) is 0 Å². The summed E-state index contributed by atoms with van der Waals surface area (Å²) in [5, 5.41) is 12.5. The summed E-state index contributed by atoms with van der Waals surface area (Å²) in [4.78, 5) is 47.3. The predicted octanol–water partition coefficient (Wildman–Crippen LogP) is 11.3. The van der Waals surface area contributed by atoms with Crippen LogP contribution < -0.4 is 10.4 Å². The normalized spacial score (nSPS) is 18.6. The third-order valence-electron chi connectivity index (χ3n) is 10.8. The molecular weight excluding hydrogens is 695 g/mol. The molecule has 0 fully saturated rings. The number of unbranched alkanes of at least 4 members (excludes halogenated alkanes) is 2. The molecule has 5 heterocycles. The first kappa shape index (κ1) is 38.9. The van der Waals surface area contributed by atoms with Gasteiger partial charge in [-0.1, -0.05) is 121 Å². The van der Waals surface area contributed by atoms with Crippen LogP contribution in [0, 0.1) is 11.8 Å². The van der Waals surface area contributed by atoms with Crippen LogP contribution in [0.25, 0.3) is 19.5 Å². The Labute approximate surface area is 313 Å². The van der Waals surface area contributed by atoms with Crippen LogP contribution in [-0.2, 0) is 15.6 Å². The van der Waals surface area contributed by atoms with Gasteiger partial charge in [0.15, 0.2) is 0 Å². The topological polar surface area (TPSA) is 74.7 Å². The van der Waals surface area contributed by atoms with E-state index in [1.807, 2.05) is 22.7 Å². The highest BCUT2D eigenvalue weighted by atomic mass is 32.1. The van der Waals surface area contributed by atoms with E-state index >= 15 is 0 Å². The van der Waals surface area contributed by atoms with E-state index in [1.54, 1.807) is 21.7 Å². The molecule has 2 amide bonds. The van der Waals surface area contributed by atoms with Crippen LogP contribution in [0.2, 0.25) is 12.1 Å². The Kier molecular flexibility index (Phi) is 11.6. The molecule has 0 aliphatic carbocycles. The molecule has 0 saturated carbocycles. The number of carboxylic acid groups (broad SMARTS) is 1. The first-order valence-corrected chi connectivity index (χ1v) is 23.6. The first-order chi connectivity index (χ1) is 23.5. The first-order valence-electron chi connectivity index (χ1n) is 18.8. The van der Waals surface area contributed by atoms with Gasteiger partial charge in [-0.3, -0.25) is 9.59 Å². The molecule has 9 heteroatoms. The zero-order valence-electron chi connectivity index (χ0n) is 31.9. The largest absolute Gasteiger partial charge is 0.478 e. The number of rotatable bonds is 15. The van der Waals surface area contributed by atoms with Crippen molar-refractivity contribution in [3.8, 4) is 19.5 Å². The number of hydrogen-bond donors (Lipinski definition) is 1. The van der Waals surface area contributed by atoms with Gasteiger partial charge in [0.05, 0.1) is 16.0 Å². The Balaban J connectivity index is 1.76. The summed E-state index contributed by atoms with van der Waals surface area (Å²) in [5.41, 5.74) is 0.581. The van der Waals surface area contributed by atoms with E-state index in [1.165, 1.54) is 78.1 Å². The Hall–Kier alpha value is -2.33. The van der Waals surface area contributed by atoms with E-state index in [0.717, 1.165) is 31.8 Å². The van der Waals surface area contributed by atoms with Crippen LogP contribution in [0.5, 0.6) is 0 Å². The molecular formula is C41H57NO4S3Si. The van der Waals surface area contributed by atoms with Crippen LogP contribution in [0.1, 0.15) is 151 Å². The Morgan fingerprint density at radius 2 is 1.32 bits per heavy atom. The average molecular weight is 752 g/mol. The Morgan fingerprint density at radius 3 is 1.82 bits per heavy atom. The number of carbonyl (C=O) groups is 3. The Bertz CT molecular complexity index is 1760. The molecule has 5 nitrogen and oxygen atoms in total. The molecule has 1 N–H and O–H groups in total. The van der Waals surface area contributed by atoms with Gasteiger partial charge < -0.3 is 5.11 Å². The van der Waals surface area contributed by atoms with Gasteiger partial charge in [0.2, 0.25) is 0 Å². The molecule has 2 atom stereocenters. The lowest BCUT2D eigenvalue weighted by molar-refractivity contribution is -0.131. The fraction of sp³-hybridized carbons (Fsp3) is 0.585. The lowest BCUT2D eigenvalue weighted by Crippen LogP contribution is -2.56. The molecule has 3 aromatic heterocycles. The minimum Gasteiger partial charge on any atom is -0.478 e.